The lowest BCUT2D eigenvalue weighted by atomic mass is 9.91. The van der Waals surface area contributed by atoms with Crippen molar-refractivity contribution in [3.05, 3.63) is 73.0 Å². The Morgan fingerprint density at radius 2 is 0.652 bits per heavy atom. The van der Waals surface area contributed by atoms with Crippen molar-refractivity contribution in [2.24, 2.45) is 53.3 Å². The first-order valence-electron chi connectivity index (χ1n) is 18.4. The molecule has 0 heterocycles. The molecular weight excluding hydrogens is 555 g/mol. The predicted molar refractivity (Wildman–Crippen MR) is 221 cm³/mol. The molecule has 0 radical (unpaired) electrons. The van der Waals surface area contributed by atoms with Crippen molar-refractivity contribution in [2.45, 2.75) is 157 Å². The molecule has 0 unspecified atom stereocenters. The van der Waals surface area contributed by atoms with Crippen molar-refractivity contribution in [1.82, 2.24) is 4.90 Å². The molecule has 0 saturated heterocycles. The van der Waals surface area contributed by atoms with Crippen LogP contribution in [0.15, 0.2) is 73.0 Å². The van der Waals surface area contributed by atoms with Crippen LogP contribution in [-0.2, 0) is 0 Å². The first kappa shape index (κ1) is 53.7. The van der Waals surface area contributed by atoms with E-state index in [-0.39, 0.29) is 0 Å². The fourth-order valence-corrected chi connectivity index (χ4v) is 3.67. The fraction of sp³-hybridized carbons (Fsp3) is 0.733. The van der Waals surface area contributed by atoms with Gasteiger partial charge in [-0.15, -0.1) is 0 Å². The maximum atomic E-state index is 4.00. The Morgan fingerprint density at radius 3 is 0.717 bits per heavy atom. The second-order valence-electron chi connectivity index (χ2n) is 16.4. The number of nitrogens with zero attached hydrogens (tertiary/aromatic N) is 1. The number of rotatable bonds is 14. The highest BCUT2D eigenvalue weighted by Crippen LogP contribution is 2.22. The van der Waals surface area contributed by atoms with E-state index in [1.165, 1.54) is 46.4 Å². The molecule has 0 saturated carbocycles. The summed E-state index contributed by atoms with van der Waals surface area (Å²) in [5, 5.41) is 0. The molecule has 1 heteroatoms. The van der Waals surface area contributed by atoms with E-state index in [9.17, 15) is 0 Å². The number of allylic oxidation sites excluding steroid dienone is 6. The van der Waals surface area contributed by atoms with Crippen LogP contribution in [0.3, 0.4) is 0 Å². The highest BCUT2D eigenvalue weighted by atomic mass is 15.1. The molecule has 0 N–H and O–H groups in total. The van der Waals surface area contributed by atoms with Crippen molar-refractivity contribution in [3.63, 3.8) is 0 Å². The van der Waals surface area contributed by atoms with E-state index >= 15 is 0 Å². The molecule has 0 aliphatic rings. The van der Waals surface area contributed by atoms with Gasteiger partial charge >= 0.3 is 0 Å². The minimum atomic E-state index is 0.537. The van der Waals surface area contributed by atoms with Gasteiger partial charge < -0.3 is 4.90 Å². The van der Waals surface area contributed by atoms with Gasteiger partial charge in [-0.1, -0.05) is 181 Å². The minimum absolute atomic E-state index is 0.537. The predicted octanol–water partition coefficient (Wildman–Crippen LogP) is 15.3. The van der Waals surface area contributed by atoms with Gasteiger partial charge in [0, 0.05) is 18.8 Å². The second-order valence-corrected chi connectivity index (χ2v) is 16.4. The molecular formula is C45H89N. The standard InChI is InChI=1S/C10H18.C9H19N.2C9H18.C8H16/c2*1-7(2)9(5)10(6)8(3)4;2*1-7(2)6-9(5)8(3)4;1-6(2)8(5)7(3)4/h7-8H,5-6H2,1-4H3;7-8H,5H2,1-4,6H3;2*7-8H,5-6H2,1-4H3;6-7H,5H2,1-4H3. The zero-order valence-electron chi connectivity index (χ0n) is 35.9. The summed E-state index contributed by atoms with van der Waals surface area (Å²) in [6.07, 6.45) is 2.36. The maximum Gasteiger partial charge on any atom is 0.0227 e. The fourth-order valence-electron chi connectivity index (χ4n) is 3.67. The van der Waals surface area contributed by atoms with Crippen molar-refractivity contribution >= 4 is 0 Å². The van der Waals surface area contributed by atoms with Crippen LogP contribution in [0, 0.1) is 53.3 Å². The molecule has 0 spiro atoms. The molecule has 274 valence electrons. The van der Waals surface area contributed by atoms with E-state index < -0.39 is 0 Å². The zero-order chi connectivity index (χ0) is 38.2. The van der Waals surface area contributed by atoms with E-state index in [0.29, 0.717) is 47.5 Å². The van der Waals surface area contributed by atoms with Gasteiger partial charge in [-0.3, -0.25) is 0 Å². The number of hydrogen-bond donors (Lipinski definition) is 0. The SMILES string of the molecule is C=C(C(=C)C(C)C)C(C)C.C=C(C(C)C)C(C)C.C=C(C(C)C)N(C)C(C)C.C=C(CC(C)C)C(C)C.C=C(CC(C)C)C(C)C. The largest absolute Gasteiger partial charge is 0.376 e. The highest BCUT2D eigenvalue weighted by molar-refractivity contribution is 5.27. The summed E-state index contributed by atoms with van der Waals surface area (Å²) < 4.78 is 0. The van der Waals surface area contributed by atoms with Crippen LogP contribution in [-0.4, -0.2) is 18.0 Å². The van der Waals surface area contributed by atoms with Crippen LogP contribution in [0.4, 0.5) is 0 Å². The molecule has 0 aromatic rings. The van der Waals surface area contributed by atoms with E-state index in [4.69, 9.17) is 0 Å². The summed E-state index contributed by atoms with van der Waals surface area (Å²) in [7, 11) is 2.09. The molecule has 0 fully saturated rings. The molecule has 0 aliphatic heterocycles. The van der Waals surface area contributed by atoms with E-state index in [1.54, 1.807) is 0 Å². The van der Waals surface area contributed by atoms with Gasteiger partial charge in [0.15, 0.2) is 0 Å². The van der Waals surface area contributed by atoms with Gasteiger partial charge in [-0.2, -0.15) is 0 Å². The third-order valence-electron chi connectivity index (χ3n) is 8.16. The lowest BCUT2D eigenvalue weighted by molar-refractivity contribution is 0.314. The van der Waals surface area contributed by atoms with Gasteiger partial charge in [0.25, 0.3) is 0 Å². The van der Waals surface area contributed by atoms with Gasteiger partial charge in [-0.05, 0) is 91.1 Å². The lowest BCUT2D eigenvalue weighted by Crippen LogP contribution is -2.27. The third-order valence-corrected chi connectivity index (χ3v) is 8.16. The molecule has 0 aromatic heterocycles. The summed E-state index contributed by atoms with van der Waals surface area (Å²) in [6.45, 7) is 67.6. The normalized spacial score (nSPS) is 10.8. The quantitative estimate of drug-likeness (QED) is 0.134. The smallest absolute Gasteiger partial charge is 0.0227 e. The summed E-state index contributed by atoms with van der Waals surface area (Å²) in [6, 6.07) is 0.565. The molecule has 0 rings (SSSR count). The Kier molecular flexibility index (Phi) is 34.3. The van der Waals surface area contributed by atoms with Gasteiger partial charge in [0.2, 0.25) is 0 Å². The van der Waals surface area contributed by atoms with E-state index in [2.05, 4.69) is 190 Å². The van der Waals surface area contributed by atoms with Crippen LogP contribution >= 0.6 is 0 Å². The van der Waals surface area contributed by atoms with Crippen LogP contribution < -0.4 is 0 Å². The van der Waals surface area contributed by atoms with E-state index in [1.807, 2.05) is 0 Å². The van der Waals surface area contributed by atoms with Gasteiger partial charge in [0.05, 0.1) is 0 Å². The first-order chi connectivity index (χ1) is 20.6. The summed E-state index contributed by atoms with van der Waals surface area (Å²) in [4.78, 5) is 2.21. The first-order valence-corrected chi connectivity index (χ1v) is 18.4. The Morgan fingerprint density at radius 1 is 0.391 bits per heavy atom. The average molecular weight is 644 g/mol. The highest BCUT2D eigenvalue weighted by Gasteiger charge is 2.09. The number of hydrogen-bond acceptors (Lipinski definition) is 1. The molecule has 46 heavy (non-hydrogen) atoms. The van der Waals surface area contributed by atoms with Crippen molar-refractivity contribution in [2.75, 3.05) is 7.05 Å². The molecule has 0 aromatic carbocycles. The van der Waals surface area contributed by atoms with Crippen molar-refractivity contribution in [3.8, 4) is 0 Å². The van der Waals surface area contributed by atoms with Crippen LogP contribution in [0.25, 0.3) is 0 Å². The average Bonchev–Trinajstić information content (AvgIpc) is 2.90. The second kappa shape index (κ2) is 29.4. The maximum absolute atomic E-state index is 4.00. The minimum Gasteiger partial charge on any atom is -0.376 e. The summed E-state index contributed by atoms with van der Waals surface area (Å²) >= 11 is 0. The molecule has 0 amide bonds. The Balaban J connectivity index is -0.000000153. The molecule has 0 bridgehead atoms. The molecule has 0 atom stereocenters. The van der Waals surface area contributed by atoms with Crippen molar-refractivity contribution < 1.29 is 0 Å². The summed E-state index contributed by atoms with van der Waals surface area (Å²) in [5.74, 6) is 5.78. The van der Waals surface area contributed by atoms with Crippen LogP contribution in [0.5, 0.6) is 0 Å². The topological polar surface area (TPSA) is 3.24 Å². The van der Waals surface area contributed by atoms with E-state index in [0.717, 1.165) is 11.8 Å². The summed E-state index contributed by atoms with van der Waals surface area (Å²) in [5.41, 5.74) is 7.71. The Labute approximate surface area is 294 Å². The molecule has 1 nitrogen and oxygen atoms in total. The Bertz CT molecular complexity index is 782. The van der Waals surface area contributed by atoms with Gasteiger partial charge in [0.1, 0.15) is 0 Å². The lowest BCUT2D eigenvalue weighted by Gasteiger charge is -2.28. The van der Waals surface area contributed by atoms with Crippen LogP contribution in [0.1, 0.15) is 151 Å². The Hall–Kier alpha value is -1.76. The molecule has 0 aliphatic carbocycles. The van der Waals surface area contributed by atoms with Crippen molar-refractivity contribution in [1.29, 1.82) is 0 Å². The monoisotopic (exact) mass is 644 g/mol. The van der Waals surface area contributed by atoms with Crippen LogP contribution in [0.2, 0.25) is 0 Å². The zero-order valence-corrected chi connectivity index (χ0v) is 35.9. The van der Waals surface area contributed by atoms with Gasteiger partial charge in [-0.25, -0.2) is 0 Å². The third kappa shape index (κ3) is 33.6.